The lowest BCUT2D eigenvalue weighted by atomic mass is 9.84. The van der Waals surface area contributed by atoms with Crippen molar-refractivity contribution in [3.8, 4) is 0 Å². The van der Waals surface area contributed by atoms with Crippen molar-refractivity contribution in [2.24, 2.45) is 15.3 Å². The fourth-order valence-electron chi connectivity index (χ4n) is 3.42. The molecule has 0 bridgehead atoms. The summed E-state index contributed by atoms with van der Waals surface area (Å²) >= 11 is 0. The average molecular weight is 415 g/mol. The third-order valence-electron chi connectivity index (χ3n) is 4.90. The van der Waals surface area contributed by atoms with Crippen molar-refractivity contribution in [1.82, 2.24) is 0 Å². The van der Waals surface area contributed by atoms with E-state index in [2.05, 4.69) is 30.1 Å². The molecule has 1 saturated carbocycles. The van der Waals surface area contributed by atoms with Crippen molar-refractivity contribution in [2.45, 2.75) is 80.5 Å². The highest BCUT2D eigenvalue weighted by Gasteiger charge is 2.50. The molecule has 0 aromatic carbocycles. The first-order valence-electron chi connectivity index (χ1n) is 8.60. The molecule has 1 aliphatic heterocycles. The summed E-state index contributed by atoms with van der Waals surface area (Å²) in [7, 11) is 0. The van der Waals surface area contributed by atoms with Crippen molar-refractivity contribution >= 4 is 0 Å². The summed E-state index contributed by atoms with van der Waals surface area (Å²) in [4.78, 5) is 7.79. The number of azide groups is 3. The van der Waals surface area contributed by atoms with Crippen LogP contribution in [-0.4, -0.2) is 92.7 Å². The maximum absolute atomic E-state index is 10.4. The zero-order valence-corrected chi connectivity index (χ0v) is 15.1. The first kappa shape index (κ1) is 22.9. The van der Waals surface area contributed by atoms with Crippen LogP contribution in [0.3, 0.4) is 0 Å². The SMILES string of the molecule is CC(O)C1O[C@@H](O[C@H]2C(N=[N+]=[N-])C[C@@H](N=[N+]=[N-])C(O)[C@H]2O)C(N=[N+]=[N-])[C@@H](O)[C@H]1O. The van der Waals surface area contributed by atoms with Crippen molar-refractivity contribution in [3.63, 3.8) is 0 Å². The van der Waals surface area contributed by atoms with Gasteiger partial charge in [0.25, 0.3) is 0 Å². The van der Waals surface area contributed by atoms with E-state index in [9.17, 15) is 25.5 Å². The maximum Gasteiger partial charge on any atom is 0.169 e. The molecule has 16 heteroatoms. The predicted octanol–water partition coefficient (Wildman–Crippen LogP) is -0.639. The Morgan fingerprint density at radius 3 is 2.03 bits per heavy atom. The van der Waals surface area contributed by atoms with Crippen molar-refractivity contribution in [1.29, 1.82) is 0 Å². The Morgan fingerprint density at radius 1 is 0.897 bits per heavy atom. The van der Waals surface area contributed by atoms with E-state index < -0.39 is 67.1 Å². The van der Waals surface area contributed by atoms with E-state index in [4.69, 9.17) is 26.1 Å². The summed E-state index contributed by atoms with van der Waals surface area (Å²) in [6.45, 7) is 1.29. The minimum atomic E-state index is -1.70. The smallest absolute Gasteiger partial charge is 0.169 e. The van der Waals surface area contributed by atoms with Crippen LogP contribution >= 0.6 is 0 Å². The van der Waals surface area contributed by atoms with Crippen LogP contribution in [0.2, 0.25) is 0 Å². The Balaban J connectivity index is 2.34. The average Bonchev–Trinajstić information content (AvgIpc) is 2.68. The lowest BCUT2D eigenvalue weighted by molar-refractivity contribution is -0.301. The van der Waals surface area contributed by atoms with Crippen LogP contribution in [0.5, 0.6) is 0 Å². The number of rotatable bonds is 6. The second-order valence-corrected chi connectivity index (χ2v) is 6.75. The van der Waals surface area contributed by atoms with Gasteiger partial charge in [-0.2, -0.15) is 0 Å². The molecular weight excluding hydrogens is 394 g/mol. The lowest BCUT2D eigenvalue weighted by Crippen LogP contribution is -2.63. The summed E-state index contributed by atoms with van der Waals surface area (Å²) < 4.78 is 11.0. The van der Waals surface area contributed by atoms with Crippen LogP contribution in [0.1, 0.15) is 13.3 Å². The van der Waals surface area contributed by atoms with Crippen LogP contribution in [0.25, 0.3) is 31.3 Å². The number of aliphatic hydroxyl groups excluding tert-OH is 5. The van der Waals surface area contributed by atoms with Gasteiger partial charge in [0, 0.05) is 14.7 Å². The minimum absolute atomic E-state index is 0.166. The normalized spacial score (nSPS) is 43.2. The zero-order valence-electron chi connectivity index (χ0n) is 15.1. The maximum atomic E-state index is 10.4. The third kappa shape index (κ3) is 4.80. The van der Waals surface area contributed by atoms with Gasteiger partial charge in [-0.15, -0.1) is 0 Å². The summed E-state index contributed by atoms with van der Waals surface area (Å²) in [5, 5.41) is 60.9. The predicted molar refractivity (Wildman–Crippen MR) is 92.7 cm³/mol. The van der Waals surface area contributed by atoms with Gasteiger partial charge in [-0.05, 0) is 29.9 Å². The highest BCUT2D eigenvalue weighted by atomic mass is 16.7. The molecule has 1 aliphatic carbocycles. The second kappa shape index (κ2) is 9.91. The van der Waals surface area contributed by atoms with Gasteiger partial charge in [-0.1, -0.05) is 15.3 Å². The molecule has 2 rings (SSSR count). The number of aliphatic hydroxyl groups is 5. The molecule has 1 saturated heterocycles. The quantitative estimate of drug-likeness (QED) is 0.212. The summed E-state index contributed by atoms with van der Waals surface area (Å²) in [5.74, 6) is 0. The van der Waals surface area contributed by atoms with Gasteiger partial charge in [0.2, 0.25) is 0 Å². The van der Waals surface area contributed by atoms with Crippen molar-refractivity contribution in [3.05, 3.63) is 31.3 Å². The number of hydrogen-bond acceptors (Lipinski definition) is 10. The molecule has 16 nitrogen and oxygen atoms in total. The van der Waals surface area contributed by atoms with Gasteiger partial charge in [0.1, 0.15) is 24.4 Å². The molecule has 5 unspecified atom stereocenters. The monoisotopic (exact) mass is 415 g/mol. The minimum Gasteiger partial charge on any atom is -0.391 e. The van der Waals surface area contributed by atoms with Gasteiger partial charge in [-0.3, -0.25) is 0 Å². The molecule has 11 atom stereocenters. The first-order valence-corrected chi connectivity index (χ1v) is 8.60. The van der Waals surface area contributed by atoms with Crippen LogP contribution in [-0.2, 0) is 9.47 Å². The van der Waals surface area contributed by atoms with E-state index in [0.29, 0.717) is 0 Å². The van der Waals surface area contributed by atoms with E-state index in [1.165, 1.54) is 6.92 Å². The Morgan fingerprint density at radius 2 is 1.48 bits per heavy atom. The Hall–Kier alpha value is -2.35. The van der Waals surface area contributed by atoms with Crippen LogP contribution in [0, 0.1) is 0 Å². The highest BCUT2D eigenvalue weighted by molar-refractivity contribution is 5.02. The molecule has 2 fully saturated rings. The molecule has 0 spiro atoms. The van der Waals surface area contributed by atoms with E-state index in [1.807, 2.05) is 0 Å². The molecule has 29 heavy (non-hydrogen) atoms. The molecule has 0 aromatic heterocycles. The van der Waals surface area contributed by atoms with Crippen molar-refractivity contribution < 1.29 is 35.0 Å². The molecular formula is C13H21N9O7. The van der Waals surface area contributed by atoms with E-state index >= 15 is 0 Å². The Labute approximate surface area is 163 Å². The molecule has 0 aromatic rings. The van der Waals surface area contributed by atoms with Gasteiger partial charge in [-0.25, -0.2) is 0 Å². The number of nitrogens with zero attached hydrogens (tertiary/aromatic N) is 9. The Kier molecular flexibility index (Phi) is 7.84. The molecule has 0 amide bonds. The summed E-state index contributed by atoms with van der Waals surface area (Å²) in [6.07, 6.45) is -12.2. The largest absolute Gasteiger partial charge is 0.391 e. The third-order valence-corrected chi connectivity index (χ3v) is 4.90. The molecule has 2 aliphatic rings. The van der Waals surface area contributed by atoms with Crippen LogP contribution in [0.15, 0.2) is 15.3 Å². The van der Waals surface area contributed by atoms with Crippen molar-refractivity contribution in [2.75, 3.05) is 0 Å². The van der Waals surface area contributed by atoms with Crippen LogP contribution in [0.4, 0.5) is 0 Å². The fourth-order valence-corrected chi connectivity index (χ4v) is 3.42. The second-order valence-electron chi connectivity index (χ2n) is 6.75. The summed E-state index contributed by atoms with van der Waals surface area (Å²) in [5.41, 5.74) is 26.1. The van der Waals surface area contributed by atoms with Gasteiger partial charge >= 0.3 is 0 Å². The topological polar surface area (TPSA) is 266 Å². The Bertz CT molecular complexity index is 721. The van der Waals surface area contributed by atoms with E-state index in [1.54, 1.807) is 0 Å². The summed E-state index contributed by atoms with van der Waals surface area (Å²) in [6, 6.07) is -3.68. The van der Waals surface area contributed by atoms with E-state index in [-0.39, 0.29) is 6.42 Å². The molecule has 0 radical (unpaired) electrons. The van der Waals surface area contributed by atoms with Crippen LogP contribution < -0.4 is 0 Å². The number of ether oxygens (including phenoxy) is 2. The zero-order chi connectivity index (χ0) is 21.7. The highest BCUT2D eigenvalue weighted by Crippen LogP contribution is 2.33. The molecule has 5 N–H and O–H groups in total. The van der Waals surface area contributed by atoms with Gasteiger partial charge in [0.15, 0.2) is 6.29 Å². The standard InChI is InChI=1S/C13H21N9O7/c1-3(23)11-10(27)8(25)6(19-22-16)13(28-11)29-12-5(18-21-15)2-4(17-20-14)7(24)9(12)26/h3-13,23-27H,2H2,1H3/t3?,4-,5?,6?,7?,8-,9-,10-,11?,12+,13+/m1/s1. The molecule has 1 heterocycles. The lowest BCUT2D eigenvalue weighted by Gasteiger charge is -2.46. The molecule has 160 valence electrons. The van der Waals surface area contributed by atoms with Gasteiger partial charge in [0.05, 0.1) is 36.5 Å². The first-order chi connectivity index (χ1) is 13.8. The fraction of sp³-hybridized carbons (Fsp3) is 1.00. The van der Waals surface area contributed by atoms with Gasteiger partial charge < -0.3 is 35.0 Å². The van der Waals surface area contributed by atoms with E-state index in [0.717, 1.165) is 0 Å². The number of hydrogen-bond donors (Lipinski definition) is 5.